The summed E-state index contributed by atoms with van der Waals surface area (Å²) in [4.78, 5) is 26.0. The molecular formula is C24H15F5O5S. The Bertz CT molecular complexity index is 1380. The van der Waals surface area contributed by atoms with Crippen LogP contribution in [0.4, 0.5) is 22.0 Å². The minimum atomic E-state index is -2.35. The highest BCUT2D eigenvalue weighted by Gasteiger charge is 2.32. The Balaban J connectivity index is 1.54. The molecular weight excluding hydrogens is 495 g/mol. The number of allylic oxidation sites excluding steroid dienone is 1. The molecule has 0 radical (unpaired) electrons. The summed E-state index contributed by atoms with van der Waals surface area (Å²) in [6, 6.07) is 4.52. The van der Waals surface area contributed by atoms with Gasteiger partial charge in [-0.2, -0.15) is 8.78 Å². The van der Waals surface area contributed by atoms with Crippen LogP contribution in [0.3, 0.4) is 0 Å². The zero-order valence-corrected chi connectivity index (χ0v) is 19.1. The first-order valence-electron chi connectivity index (χ1n) is 10.0. The number of hydrogen-bond acceptors (Lipinski definition) is 6. The van der Waals surface area contributed by atoms with Gasteiger partial charge in [-0.15, -0.1) is 11.3 Å². The van der Waals surface area contributed by atoms with Gasteiger partial charge >= 0.3 is 5.97 Å². The van der Waals surface area contributed by atoms with Crippen molar-refractivity contribution < 1.29 is 45.8 Å². The number of halogens is 5. The normalized spacial score (nSPS) is 14.6. The molecule has 182 valence electrons. The van der Waals surface area contributed by atoms with Crippen LogP contribution >= 0.6 is 11.3 Å². The van der Waals surface area contributed by atoms with E-state index in [2.05, 4.69) is 4.74 Å². The number of hydrogen-bond donors (Lipinski definition) is 0. The number of aryl methyl sites for hydroxylation is 2. The van der Waals surface area contributed by atoms with Gasteiger partial charge < -0.3 is 14.2 Å². The fraction of sp³-hybridized carbons (Fsp3) is 0.167. The molecule has 1 atom stereocenters. The Kier molecular flexibility index (Phi) is 6.37. The fourth-order valence-electron chi connectivity index (χ4n) is 3.30. The number of carbonyl (C=O) groups excluding carboxylic acids is 2. The van der Waals surface area contributed by atoms with E-state index in [9.17, 15) is 31.5 Å². The van der Waals surface area contributed by atoms with Crippen LogP contribution in [-0.4, -0.2) is 17.9 Å². The summed E-state index contributed by atoms with van der Waals surface area (Å²) in [5.41, 5.74) is 1.66. The average molecular weight is 510 g/mol. The van der Waals surface area contributed by atoms with E-state index in [1.807, 2.05) is 18.4 Å². The van der Waals surface area contributed by atoms with Crippen LogP contribution in [0.25, 0.3) is 6.08 Å². The van der Waals surface area contributed by atoms with Crippen LogP contribution in [0.5, 0.6) is 17.2 Å². The fourth-order valence-corrected chi connectivity index (χ4v) is 4.15. The second-order valence-corrected chi connectivity index (χ2v) is 8.55. The number of fused-ring (bicyclic) bond motifs is 1. The SMILES string of the molecule is Cc1ccsc1/C=C1\Oc2cc(OC(=O)C(C)Oc3c(F)c(F)c(F)c(F)c3F)cc(C)c2C1=O. The molecule has 2 heterocycles. The van der Waals surface area contributed by atoms with Gasteiger partial charge in [-0.1, -0.05) is 0 Å². The molecule has 4 rings (SSSR count). The van der Waals surface area contributed by atoms with E-state index in [0.717, 1.165) is 17.4 Å². The molecule has 0 amide bonds. The highest BCUT2D eigenvalue weighted by atomic mass is 32.1. The Morgan fingerprint density at radius 1 is 1.00 bits per heavy atom. The first-order valence-corrected chi connectivity index (χ1v) is 10.9. The van der Waals surface area contributed by atoms with E-state index < -0.39 is 46.9 Å². The summed E-state index contributed by atoms with van der Waals surface area (Å²) in [6.45, 7) is 4.48. The van der Waals surface area contributed by atoms with Gasteiger partial charge in [0.05, 0.1) is 5.56 Å². The lowest BCUT2D eigenvalue weighted by Crippen LogP contribution is -2.29. The smallest absolute Gasteiger partial charge is 0.352 e. The number of benzene rings is 2. The molecule has 1 unspecified atom stereocenters. The maximum Gasteiger partial charge on any atom is 0.352 e. The summed E-state index contributed by atoms with van der Waals surface area (Å²) in [5.74, 6) is -14.2. The molecule has 0 saturated carbocycles. The third-order valence-electron chi connectivity index (χ3n) is 5.12. The molecule has 0 saturated heterocycles. The lowest BCUT2D eigenvalue weighted by Gasteiger charge is -2.16. The summed E-state index contributed by atoms with van der Waals surface area (Å²) >= 11 is 1.43. The third-order valence-corrected chi connectivity index (χ3v) is 6.09. The Labute approximate surface area is 199 Å². The summed E-state index contributed by atoms with van der Waals surface area (Å²) < 4.78 is 83.1. The van der Waals surface area contributed by atoms with Crippen LogP contribution in [0, 0.1) is 42.9 Å². The number of carbonyl (C=O) groups is 2. The van der Waals surface area contributed by atoms with Crippen molar-refractivity contribution in [1.82, 2.24) is 0 Å². The van der Waals surface area contributed by atoms with Crippen molar-refractivity contribution in [2.24, 2.45) is 0 Å². The number of ketones is 1. The molecule has 3 aromatic rings. The monoisotopic (exact) mass is 510 g/mol. The number of thiophene rings is 1. The van der Waals surface area contributed by atoms with Gasteiger partial charge in [-0.05, 0) is 49.4 Å². The third kappa shape index (κ3) is 4.39. The zero-order chi connectivity index (χ0) is 25.6. The van der Waals surface area contributed by atoms with Crippen molar-refractivity contribution in [3.63, 3.8) is 0 Å². The van der Waals surface area contributed by atoms with Gasteiger partial charge in [0.25, 0.3) is 0 Å². The molecule has 0 bridgehead atoms. The molecule has 1 aliphatic heterocycles. The van der Waals surface area contributed by atoms with Crippen LogP contribution < -0.4 is 14.2 Å². The molecule has 1 aliphatic rings. The van der Waals surface area contributed by atoms with E-state index in [0.29, 0.717) is 5.56 Å². The number of rotatable bonds is 5. The van der Waals surface area contributed by atoms with E-state index in [1.165, 1.54) is 23.5 Å². The molecule has 11 heteroatoms. The van der Waals surface area contributed by atoms with Crippen molar-refractivity contribution in [3.05, 3.63) is 80.0 Å². The highest BCUT2D eigenvalue weighted by Crippen LogP contribution is 2.38. The van der Waals surface area contributed by atoms with Crippen molar-refractivity contribution in [2.45, 2.75) is 26.9 Å². The number of esters is 1. The van der Waals surface area contributed by atoms with Gasteiger partial charge in [0, 0.05) is 17.0 Å². The molecule has 35 heavy (non-hydrogen) atoms. The summed E-state index contributed by atoms with van der Waals surface area (Å²) in [7, 11) is 0. The molecule has 0 N–H and O–H groups in total. The van der Waals surface area contributed by atoms with E-state index >= 15 is 0 Å². The van der Waals surface area contributed by atoms with Gasteiger partial charge in [-0.3, -0.25) is 4.79 Å². The predicted molar refractivity (Wildman–Crippen MR) is 115 cm³/mol. The van der Waals surface area contributed by atoms with Crippen LogP contribution in [0.1, 0.15) is 33.3 Å². The standard InChI is InChI=1S/C24H15F5O5S/c1-9-4-5-35-15(9)8-14-22(30)16-10(2)6-12(7-13(16)34-14)33-24(31)11(3)32-23-20(28)18(26)17(25)19(27)21(23)29/h4-8,11H,1-3H3/b14-8-. The van der Waals surface area contributed by atoms with Crippen molar-refractivity contribution >= 4 is 29.2 Å². The quantitative estimate of drug-likeness (QED) is 0.104. The van der Waals surface area contributed by atoms with Crippen LogP contribution in [-0.2, 0) is 4.79 Å². The van der Waals surface area contributed by atoms with Crippen LogP contribution in [0.15, 0.2) is 29.3 Å². The highest BCUT2D eigenvalue weighted by molar-refractivity contribution is 7.11. The first kappa shape index (κ1) is 24.4. The van der Waals surface area contributed by atoms with E-state index in [4.69, 9.17) is 9.47 Å². The average Bonchev–Trinajstić information content (AvgIpc) is 3.36. The molecule has 0 aliphatic carbocycles. The lowest BCUT2D eigenvalue weighted by molar-refractivity contribution is -0.141. The molecule has 2 aromatic carbocycles. The van der Waals surface area contributed by atoms with Gasteiger partial charge in [-0.25, -0.2) is 18.0 Å². The maximum atomic E-state index is 13.8. The number of ether oxygens (including phenoxy) is 3. The second-order valence-electron chi connectivity index (χ2n) is 7.60. The predicted octanol–water partition coefficient (Wildman–Crippen LogP) is 6.05. The topological polar surface area (TPSA) is 61.8 Å². The van der Waals surface area contributed by atoms with Gasteiger partial charge in [0.2, 0.25) is 34.9 Å². The van der Waals surface area contributed by atoms with Crippen molar-refractivity contribution in [3.8, 4) is 17.2 Å². The molecule has 5 nitrogen and oxygen atoms in total. The Hall–Kier alpha value is -3.73. The number of Topliss-reactive ketones (excluding diaryl/α,β-unsaturated/α-hetero) is 1. The van der Waals surface area contributed by atoms with Crippen LogP contribution in [0.2, 0.25) is 0 Å². The second kappa shape index (κ2) is 9.14. The van der Waals surface area contributed by atoms with Crippen molar-refractivity contribution in [1.29, 1.82) is 0 Å². The Morgan fingerprint density at radius 3 is 2.23 bits per heavy atom. The Morgan fingerprint density at radius 2 is 1.63 bits per heavy atom. The first-order chi connectivity index (χ1) is 16.5. The zero-order valence-electron chi connectivity index (χ0n) is 18.3. The maximum absolute atomic E-state index is 13.8. The minimum Gasteiger partial charge on any atom is -0.473 e. The lowest BCUT2D eigenvalue weighted by atomic mass is 10.0. The summed E-state index contributed by atoms with van der Waals surface area (Å²) in [5, 5.41) is 1.87. The molecule has 0 spiro atoms. The van der Waals surface area contributed by atoms with Gasteiger partial charge in [0.15, 0.2) is 17.6 Å². The van der Waals surface area contributed by atoms with Crippen molar-refractivity contribution in [2.75, 3.05) is 0 Å². The molecule has 0 fully saturated rings. The van der Waals surface area contributed by atoms with E-state index in [1.54, 1.807) is 13.0 Å². The molecule has 1 aromatic heterocycles. The largest absolute Gasteiger partial charge is 0.473 e. The minimum absolute atomic E-state index is 0.0829. The summed E-state index contributed by atoms with van der Waals surface area (Å²) in [6.07, 6.45) is -0.149. The van der Waals surface area contributed by atoms with Gasteiger partial charge in [0.1, 0.15) is 11.5 Å². The van der Waals surface area contributed by atoms with E-state index in [-0.39, 0.29) is 28.6 Å².